The molecule has 0 bridgehead atoms. The molecule has 0 aliphatic carbocycles. The van der Waals surface area contributed by atoms with Gasteiger partial charge < -0.3 is 10.1 Å². The maximum absolute atomic E-state index is 12.3. The van der Waals surface area contributed by atoms with E-state index in [9.17, 15) is 18.0 Å². The van der Waals surface area contributed by atoms with Gasteiger partial charge in [0.1, 0.15) is 0 Å². The van der Waals surface area contributed by atoms with Crippen molar-refractivity contribution >= 4 is 27.6 Å². The van der Waals surface area contributed by atoms with Gasteiger partial charge in [0, 0.05) is 11.3 Å². The minimum absolute atomic E-state index is 0.196. The van der Waals surface area contributed by atoms with E-state index < -0.39 is 26.8 Å². The molecule has 0 aliphatic rings. The van der Waals surface area contributed by atoms with Gasteiger partial charge in [-0.05, 0) is 42.3 Å². The fourth-order valence-corrected chi connectivity index (χ4v) is 2.96. The lowest BCUT2D eigenvalue weighted by molar-refractivity contribution is 0.0596. The van der Waals surface area contributed by atoms with Gasteiger partial charge in [-0.1, -0.05) is 19.1 Å². The van der Waals surface area contributed by atoms with E-state index in [0.29, 0.717) is 5.56 Å². The Bertz CT molecular complexity index is 905. The minimum Gasteiger partial charge on any atom is -0.465 e. The second kappa shape index (κ2) is 7.45. The maximum Gasteiger partial charge on any atom is 0.339 e. The van der Waals surface area contributed by atoms with Crippen molar-refractivity contribution in [3.63, 3.8) is 0 Å². The summed E-state index contributed by atoms with van der Waals surface area (Å²) in [5, 5.41) is 7.73. The molecule has 0 fully saturated rings. The van der Waals surface area contributed by atoms with Crippen molar-refractivity contribution in [3.05, 3.63) is 59.2 Å². The fourth-order valence-electron chi connectivity index (χ4n) is 2.21. The third kappa shape index (κ3) is 4.43. The van der Waals surface area contributed by atoms with Crippen LogP contribution in [-0.2, 0) is 21.2 Å². The summed E-state index contributed by atoms with van der Waals surface area (Å²) in [6.07, 6.45) is 0.856. The Balaban J connectivity index is 2.33. The van der Waals surface area contributed by atoms with Crippen LogP contribution in [0.15, 0.2) is 47.4 Å². The second-order valence-electron chi connectivity index (χ2n) is 5.25. The maximum atomic E-state index is 12.3. The summed E-state index contributed by atoms with van der Waals surface area (Å²) in [4.78, 5) is 23.5. The van der Waals surface area contributed by atoms with Crippen LogP contribution in [0.5, 0.6) is 0 Å². The Labute approximate surface area is 145 Å². The largest absolute Gasteiger partial charge is 0.465 e. The number of primary sulfonamides is 1. The molecule has 0 atom stereocenters. The highest BCUT2D eigenvalue weighted by atomic mass is 32.2. The first-order valence-corrected chi connectivity index (χ1v) is 8.96. The number of hydrogen-bond acceptors (Lipinski definition) is 5. The summed E-state index contributed by atoms with van der Waals surface area (Å²) in [5.41, 5.74) is 1.51. The number of nitrogens with one attached hydrogen (secondary N) is 1. The molecular weight excluding hydrogens is 344 g/mol. The lowest BCUT2D eigenvalue weighted by Gasteiger charge is -2.10. The van der Waals surface area contributed by atoms with Gasteiger partial charge in [-0.15, -0.1) is 0 Å². The van der Waals surface area contributed by atoms with E-state index in [4.69, 9.17) is 5.14 Å². The van der Waals surface area contributed by atoms with Gasteiger partial charge in [-0.3, -0.25) is 4.79 Å². The molecule has 0 radical (unpaired) electrons. The average Bonchev–Trinajstić information content (AvgIpc) is 2.60. The number of rotatable bonds is 5. The van der Waals surface area contributed by atoms with Crippen LogP contribution in [0.1, 0.15) is 33.2 Å². The quantitative estimate of drug-likeness (QED) is 0.789. The highest BCUT2D eigenvalue weighted by Gasteiger charge is 2.21. The number of aryl methyl sites for hydroxylation is 1. The van der Waals surface area contributed by atoms with Gasteiger partial charge in [-0.25, -0.2) is 18.4 Å². The fraction of sp³-hybridized carbons (Fsp3) is 0.176. The molecule has 0 spiro atoms. The van der Waals surface area contributed by atoms with Gasteiger partial charge in [0.15, 0.2) is 0 Å². The van der Waals surface area contributed by atoms with Crippen molar-refractivity contribution in [2.24, 2.45) is 5.14 Å². The van der Waals surface area contributed by atoms with E-state index in [1.807, 2.05) is 19.1 Å². The topological polar surface area (TPSA) is 116 Å². The van der Waals surface area contributed by atoms with Crippen LogP contribution in [0, 0.1) is 0 Å². The van der Waals surface area contributed by atoms with Crippen LogP contribution >= 0.6 is 0 Å². The number of benzene rings is 2. The number of sulfonamides is 1. The number of anilines is 1. The van der Waals surface area contributed by atoms with Crippen molar-refractivity contribution in [2.45, 2.75) is 18.2 Å². The predicted octanol–water partition coefficient (Wildman–Crippen LogP) is 1.94. The Hall–Kier alpha value is -2.71. The summed E-state index contributed by atoms with van der Waals surface area (Å²) in [6.45, 7) is 2.01. The second-order valence-corrected chi connectivity index (χ2v) is 6.78. The third-order valence-electron chi connectivity index (χ3n) is 3.58. The number of nitrogens with two attached hydrogens (primary N) is 1. The molecule has 132 valence electrons. The lowest BCUT2D eigenvalue weighted by atomic mass is 10.1. The molecule has 2 aromatic rings. The highest BCUT2D eigenvalue weighted by Crippen LogP contribution is 2.21. The van der Waals surface area contributed by atoms with Gasteiger partial charge >= 0.3 is 5.97 Å². The molecule has 7 nitrogen and oxygen atoms in total. The van der Waals surface area contributed by atoms with Crippen LogP contribution in [0.25, 0.3) is 0 Å². The van der Waals surface area contributed by atoms with E-state index in [-0.39, 0.29) is 11.3 Å². The number of hydrogen-bond donors (Lipinski definition) is 2. The molecule has 0 aromatic heterocycles. The van der Waals surface area contributed by atoms with Gasteiger partial charge in [0.25, 0.3) is 5.91 Å². The molecule has 3 N–H and O–H groups in total. The van der Waals surface area contributed by atoms with Crippen molar-refractivity contribution in [1.29, 1.82) is 0 Å². The third-order valence-corrected chi connectivity index (χ3v) is 4.53. The van der Waals surface area contributed by atoms with E-state index in [0.717, 1.165) is 25.2 Å². The van der Waals surface area contributed by atoms with E-state index in [1.165, 1.54) is 12.1 Å². The van der Waals surface area contributed by atoms with E-state index >= 15 is 0 Å². The number of ether oxygens (including phenoxy) is 1. The monoisotopic (exact) mass is 362 g/mol. The zero-order chi connectivity index (χ0) is 18.6. The van der Waals surface area contributed by atoms with Crippen LogP contribution in [0.4, 0.5) is 5.69 Å². The predicted molar refractivity (Wildman–Crippen MR) is 92.9 cm³/mol. The minimum atomic E-state index is -4.17. The van der Waals surface area contributed by atoms with E-state index in [1.54, 1.807) is 12.1 Å². The van der Waals surface area contributed by atoms with Gasteiger partial charge in [0.2, 0.25) is 10.0 Å². The Morgan fingerprint density at radius 1 is 1.12 bits per heavy atom. The van der Waals surface area contributed by atoms with Crippen LogP contribution in [0.2, 0.25) is 0 Å². The Morgan fingerprint density at radius 2 is 1.76 bits per heavy atom. The molecule has 8 heteroatoms. The average molecular weight is 362 g/mol. The Kier molecular flexibility index (Phi) is 5.55. The molecule has 1 amide bonds. The van der Waals surface area contributed by atoms with Gasteiger partial charge in [0.05, 0.1) is 17.6 Å². The first-order valence-electron chi connectivity index (χ1n) is 7.41. The zero-order valence-corrected chi connectivity index (χ0v) is 14.6. The van der Waals surface area contributed by atoms with Crippen molar-refractivity contribution in [2.75, 3.05) is 12.4 Å². The van der Waals surface area contributed by atoms with Crippen LogP contribution < -0.4 is 10.5 Å². The normalized spacial score (nSPS) is 11.0. The van der Waals surface area contributed by atoms with Crippen molar-refractivity contribution in [3.8, 4) is 0 Å². The zero-order valence-electron chi connectivity index (χ0n) is 13.8. The summed E-state index contributed by atoms with van der Waals surface area (Å²) < 4.78 is 28.0. The molecule has 0 heterocycles. The summed E-state index contributed by atoms with van der Waals surface area (Å²) in [6, 6.07) is 10.8. The van der Waals surface area contributed by atoms with E-state index in [2.05, 4.69) is 10.1 Å². The molecule has 25 heavy (non-hydrogen) atoms. The molecule has 2 aromatic carbocycles. The number of esters is 1. The molecule has 0 unspecified atom stereocenters. The molecule has 0 aliphatic heterocycles. The molecule has 0 saturated heterocycles. The smallest absolute Gasteiger partial charge is 0.339 e. The number of carbonyl (C=O) groups excluding carboxylic acids is 2. The summed E-state index contributed by atoms with van der Waals surface area (Å²) >= 11 is 0. The van der Waals surface area contributed by atoms with Crippen molar-refractivity contribution in [1.82, 2.24) is 0 Å². The van der Waals surface area contributed by atoms with Gasteiger partial charge in [-0.2, -0.15) is 0 Å². The number of amides is 1. The summed E-state index contributed by atoms with van der Waals surface area (Å²) in [5.74, 6) is -1.24. The van der Waals surface area contributed by atoms with Crippen molar-refractivity contribution < 1.29 is 22.7 Å². The molecule has 2 rings (SSSR count). The standard InChI is InChI=1S/C17H18N2O5S/c1-3-11-4-6-12(7-5-11)16(20)19-13-8-9-14(17(21)24-2)15(10-13)25(18,22)23/h4-10H,3H2,1-2H3,(H,19,20)(H2,18,22,23). The number of carbonyl (C=O) groups is 2. The molecule has 0 saturated carbocycles. The SMILES string of the molecule is CCc1ccc(C(=O)Nc2ccc(C(=O)OC)c(S(N)(=O)=O)c2)cc1. The highest BCUT2D eigenvalue weighted by molar-refractivity contribution is 7.89. The van der Waals surface area contributed by atoms with Crippen LogP contribution in [-0.4, -0.2) is 27.4 Å². The lowest BCUT2D eigenvalue weighted by Crippen LogP contribution is -2.19. The summed E-state index contributed by atoms with van der Waals surface area (Å²) in [7, 11) is -3.04. The first kappa shape index (κ1) is 18.6. The first-order chi connectivity index (χ1) is 11.8. The molecular formula is C17H18N2O5S. The number of methoxy groups -OCH3 is 1. The Morgan fingerprint density at radius 3 is 2.28 bits per heavy atom. The van der Waals surface area contributed by atoms with Crippen LogP contribution in [0.3, 0.4) is 0 Å².